The Balaban J connectivity index is 2.05. The molecular weight excluding hydrogens is 601 g/mol. The van der Waals surface area contributed by atoms with Gasteiger partial charge in [-0.15, -0.1) is 0 Å². The fourth-order valence-corrected chi connectivity index (χ4v) is 6.69. The fourth-order valence-electron chi connectivity index (χ4n) is 6.22. The van der Waals surface area contributed by atoms with Gasteiger partial charge in [0.2, 0.25) is 0 Å². The zero-order valence-electron chi connectivity index (χ0n) is 29.5. The average Bonchev–Trinajstić information content (AvgIpc) is 3.39. The molecule has 1 rings (SSSR count). The van der Waals surface area contributed by atoms with Crippen molar-refractivity contribution in [1.82, 2.24) is 0 Å². The van der Waals surface area contributed by atoms with Gasteiger partial charge in [0.15, 0.2) is 16.2 Å². The molecule has 0 amide bonds. The highest BCUT2D eigenvalue weighted by Crippen LogP contribution is 2.23. The van der Waals surface area contributed by atoms with Crippen molar-refractivity contribution in [2.75, 3.05) is 13.2 Å². The lowest BCUT2D eigenvalue weighted by molar-refractivity contribution is -0.0620. The van der Waals surface area contributed by atoms with Crippen LogP contribution in [0.15, 0.2) is 0 Å². The van der Waals surface area contributed by atoms with E-state index in [1.807, 2.05) is 0 Å². The molecule has 7 heteroatoms. The molecule has 0 aliphatic carbocycles. The lowest BCUT2D eigenvalue weighted by Gasteiger charge is -2.26. The molecule has 0 bridgehead atoms. The zero-order valence-corrected chi connectivity index (χ0v) is 31.1. The molecule has 0 spiro atoms. The number of unbranched alkanes of at least 4 members (excludes halogenated alkanes) is 24. The van der Waals surface area contributed by atoms with E-state index < -0.39 is 24.4 Å². The van der Waals surface area contributed by atoms with Crippen molar-refractivity contribution >= 4 is 34.5 Å². The minimum atomic E-state index is -0.934. The maximum Gasteiger partial charge on any atom is 0.160 e. The lowest BCUT2D eigenvalue weighted by Crippen LogP contribution is -2.43. The molecule has 0 aromatic heterocycles. The molecule has 1 fully saturated rings. The number of aliphatic hydroxyl groups is 2. The zero-order chi connectivity index (χ0) is 32.8. The summed E-state index contributed by atoms with van der Waals surface area (Å²) in [5.74, 6) is 0. The predicted octanol–water partition coefficient (Wildman–Crippen LogP) is 11.1. The molecule has 1 saturated heterocycles. The van der Waals surface area contributed by atoms with Crippen LogP contribution in [0.1, 0.15) is 194 Å². The summed E-state index contributed by atoms with van der Waals surface area (Å²) in [6.45, 7) is 4.71. The molecule has 2 N–H and O–H groups in total. The number of ether oxygens (including phenoxy) is 3. The van der Waals surface area contributed by atoms with Crippen LogP contribution in [0.3, 0.4) is 0 Å². The van der Waals surface area contributed by atoms with E-state index in [1.54, 1.807) is 0 Å². The molecule has 0 aromatic carbocycles. The third-order valence-electron chi connectivity index (χ3n) is 9.19. The summed E-state index contributed by atoms with van der Waals surface area (Å²) < 4.78 is 17.3. The summed E-state index contributed by atoms with van der Waals surface area (Å²) >= 11 is 10.9. The van der Waals surface area contributed by atoms with Gasteiger partial charge in [-0.25, -0.2) is 0 Å². The molecule has 0 radical (unpaired) electrons. The summed E-state index contributed by atoms with van der Waals surface area (Å²) in [6.07, 6.45) is 32.4. The topological polar surface area (TPSA) is 68.2 Å². The summed E-state index contributed by atoms with van der Waals surface area (Å²) in [4.78, 5) is 0. The van der Waals surface area contributed by atoms with E-state index in [0.29, 0.717) is 16.5 Å². The van der Waals surface area contributed by atoms with Gasteiger partial charge < -0.3 is 24.4 Å². The third-order valence-corrected chi connectivity index (χ3v) is 9.82. The number of aliphatic hydroxyl groups excluding tert-OH is 2. The third kappa shape index (κ3) is 24.5. The minimum Gasteiger partial charge on any atom is -0.484 e. The van der Waals surface area contributed by atoms with Crippen LogP contribution in [0, 0.1) is 0 Å². The van der Waals surface area contributed by atoms with E-state index in [0.717, 1.165) is 32.1 Å². The van der Waals surface area contributed by atoms with E-state index in [4.69, 9.17) is 38.6 Å². The van der Waals surface area contributed by atoms with E-state index in [-0.39, 0.29) is 13.2 Å². The second-order valence-electron chi connectivity index (χ2n) is 13.6. The van der Waals surface area contributed by atoms with E-state index in [1.165, 1.54) is 141 Å². The first-order valence-corrected chi connectivity index (χ1v) is 20.1. The van der Waals surface area contributed by atoms with Crippen LogP contribution < -0.4 is 0 Å². The van der Waals surface area contributed by atoms with Gasteiger partial charge in [0.25, 0.3) is 0 Å². The van der Waals surface area contributed by atoms with E-state index in [9.17, 15) is 10.2 Å². The van der Waals surface area contributed by atoms with Crippen molar-refractivity contribution in [1.29, 1.82) is 0 Å². The van der Waals surface area contributed by atoms with Crippen molar-refractivity contribution in [3.05, 3.63) is 0 Å². The van der Waals surface area contributed by atoms with Crippen molar-refractivity contribution in [3.63, 3.8) is 0 Å². The van der Waals surface area contributed by atoms with Crippen LogP contribution >= 0.6 is 24.4 Å². The van der Waals surface area contributed by atoms with E-state index >= 15 is 0 Å². The van der Waals surface area contributed by atoms with Crippen LogP contribution in [0.2, 0.25) is 0 Å². The quantitative estimate of drug-likeness (QED) is 0.0544. The number of thiocarbonyl (C=S) groups is 2. The first-order valence-electron chi connectivity index (χ1n) is 19.3. The minimum absolute atomic E-state index is 0.0418. The van der Waals surface area contributed by atoms with Crippen molar-refractivity contribution in [2.24, 2.45) is 0 Å². The maximum atomic E-state index is 10.7. The molecule has 45 heavy (non-hydrogen) atoms. The molecule has 1 aliphatic rings. The van der Waals surface area contributed by atoms with Crippen molar-refractivity contribution in [2.45, 2.75) is 218 Å². The van der Waals surface area contributed by atoms with Gasteiger partial charge in [-0.3, -0.25) is 0 Å². The molecule has 266 valence electrons. The molecule has 0 saturated carbocycles. The average molecular weight is 673 g/mol. The van der Waals surface area contributed by atoms with Crippen LogP contribution in [-0.4, -0.2) is 57.9 Å². The Kier molecular flexibility index (Phi) is 29.4. The first kappa shape index (κ1) is 42.7. The summed E-state index contributed by atoms with van der Waals surface area (Å²) in [7, 11) is 0. The van der Waals surface area contributed by atoms with Crippen LogP contribution in [0.25, 0.3) is 0 Å². The SMILES string of the molecule is CCCCCCCCCCCCCCCC(=S)OC[C@@H](O)[C@@H]1OC[C@H](O)[C@@H]1OC(=S)CCCCCCCCCCCCCCC. The Morgan fingerprint density at radius 3 is 1.36 bits per heavy atom. The van der Waals surface area contributed by atoms with Crippen LogP contribution in [0.4, 0.5) is 0 Å². The maximum absolute atomic E-state index is 10.7. The molecule has 5 nitrogen and oxygen atoms in total. The summed E-state index contributed by atoms with van der Waals surface area (Å²) in [5, 5.41) is 22.2. The highest BCUT2D eigenvalue weighted by molar-refractivity contribution is 7.80. The largest absolute Gasteiger partial charge is 0.484 e. The van der Waals surface area contributed by atoms with Crippen molar-refractivity contribution in [3.8, 4) is 0 Å². The number of hydrogen-bond donors (Lipinski definition) is 2. The van der Waals surface area contributed by atoms with Gasteiger partial charge in [-0.05, 0) is 37.3 Å². The molecule has 1 heterocycles. The molecular formula is C38H72O5S2. The predicted molar refractivity (Wildman–Crippen MR) is 198 cm³/mol. The Labute approximate surface area is 289 Å². The number of hydrogen-bond acceptors (Lipinski definition) is 7. The summed E-state index contributed by atoms with van der Waals surface area (Å²) in [6, 6.07) is 0. The first-order chi connectivity index (χ1) is 22.0. The Morgan fingerprint density at radius 1 is 0.600 bits per heavy atom. The molecule has 4 atom stereocenters. The van der Waals surface area contributed by atoms with Gasteiger partial charge in [0, 0.05) is 12.8 Å². The highest BCUT2D eigenvalue weighted by atomic mass is 32.1. The van der Waals surface area contributed by atoms with E-state index in [2.05, 4.69) is 13.8 Å². The standard InChI is InChI=1S/C38H72O5S2/c1-3-5-7-9-11-13-15-17-19-21-23-25-27-29-35(44)41-31-33(39)37-38(34(40)32-42-37)43-36(45)30-28-26-24-22-20-18-16-14-12-10-8-6-4-2/h33-34,37-40H,3-32H2,1-2H3/t33-,34+,37+,38+/m1/s1. The smallest absolute Gasteiger partial charge is 0.160 e. The van der Waals surface area contributed by atoms with Gasteiger partial charge in [-0.1, -0.05) is 168 Å². The van der Waals surface area contributed by atoms with Gasteiger partial charge in [0.05, 0.1) is 6.61 Å². The highest BCUT2D eigenvalue weighted by Gasteiger charge is 2.43. The Morgan fingerprint density at radius 2 is 0.956 bits per heavy atom. The van der Waals surface area contributed by atoms with Gasteiger partial charge in [0.1, 0.15) is 24.9 Å². The second kappa shape index (κ2) is 31.0. The fraction of sp³-hybridized carbons (Fsp3) is 0.947. The molecule has 0 unspecified atom stereocenters. The van der Waals surface area contributed by atoms with Gasteiger partial charge in [-0.2, -0.15) is 0 Å². The van der Waals surface area contributed by atoms with Crippen molar-refractivity contribution < 1.29 is 24.4 Å². The summed E-state index contributed by atoms with van der Waals surface area (Å²) in [5.41, 5.74) is 0. The Bertz CT molecular complexity index is 691. The second-order valence-corrected chi connectivity index (χ2v) is 14.5. The number of rotatable bonds is 32. The van der Waals surface area contributed by atoms with Gasteiger partial charge >= 0.3 is 0 Å². The molecule has 0 aromatic rings. The van der Waals surface area contributed by atoms with Crippen LogP contribution in [0.5, 0.6) is 0 Å². The lowest BCUT2D eigenvalue weighted by atomic mass is 10.0. The normalized spacial score (nSPS) is 18.7. The monoisotopic (exact) mass is 672 g/mol. The molecule has 1 aliphatic heterocycles. The van der Waals surface area contributed by atoms with Crippen LogP contribution in [-0.2, 0) is 14.2 Å². The Hall–Kier alpha value is -0.340.